The highest BCUT2D eigenvalue weighted by molar-refractivity contribution is 5.87. The number of fused-ring (bicyclic) bond motifs is 2. The fourth-order valence-electron chi connectivity index (χ4n) is 2.86. The quantitative estimate of drug-likeness (QED) is 0.579. The highest BCUT2D eigenvalue weighted by atomic mass is 16.5. The van der Waals surface area contributed by atoms with Crippen LogP contribution in [0.2, 0.25) is 0 Å². The minimum atomic E-state index is -0.267. The van der Waals surface area contributed by atoms with E-state index in [1.165, 1.54) is 0 Å². The van der Waals surface area contributed by atoms with Crippen LogP contribution in [0.1, 0.15) is 33.1 Å². The van der Waals surface area contributed by atoms with Gasteiger partial charge in [-0.1, -0.05) is 6.08 Å². The molecule has 2 fully saturated rings. The molecule has 17 heavy (non-hydrogen) atoms. The lowest BCUT2D eigenvalue weighted by atomic mass is 10.00. The summed E-state index contributed by atoms with van der Waals surface area (Å²) >= 11 is 0. The molecule has 0 saturated carbocycles. The molecule has 4 heteroatoms. The number of carbonyl (C=O) groups excluding carboxylic acids is 1. The molecular formula is C13H21NO3. The summed E-state index contributed by atoms with van der Waals surface area (Å²) in [6.07, 6.45) is 3.85. The second-order valence-corrected chi connectivity index (χ2v) is 5.16. The van der Waals surface area contributed by atoms with Gasteiger partial charge in [0.15, 0.2) is 0 Å². The first-order valence-electron chi connectivity index (χ1n) is 6.26. The lowest BCUT2D eigenvalue weighted by Crippen LogP contribution is -2.45. The monoisotopic (exact) mass is 239 g/mol. The first kappa shape index (κ1) is 12.6. The van der Waals surface area contributed by atoms with Gasteiger partial charge < -0.3 is 9.84 Å². The Labute approximate surface area is 102 Å². The summed E-state index contributed by atoms with van der Waals surface area (Å²) in [5, 5.41) is 9.88. The molecule has 2 aliphatic rings. The summed E-state index contributed by atoms with van der Waals surface area (Å²) < 4.78 is 5.48. The van der Waals surface area contributed by atoms with Crippen molar-refractivity contribution in [1.29, 1.82) is 0 Å². The Morgan fingerprint density at radius 3 is 2.71 bits per heavy atom. The molecule has 0 aromatic heterocycles. The summed E-state index contributed by atoms with van der Waals surface area (Å²) in [5.41, 5.74) is 0.650. The molecule has 2 aliphatic heterocycles. The Morgan fingerprint density at radius 2 is 2.12 bits per heavy atom. The zero-order valence-electron chi connectivity index (χ0n) is 10.7. The van der Waals surface area contributed by atoms with E-state index in [0.717, 1.165) is 19.3 Å². The highest BCUT2D eigenvalue weighted by Gasteiger charge is 2.45. The number of aliphatic hydroxyl groups is 1. The van der Waals surface area contributed by atoms with E-state index in [9.17, 15) is 9.90 Å². The lowest BCUT2D eigenvalue weighted by Gasteiger charge is -2.36. The first-order valence-corrected chi connectivity index (χ1v) is 6.26. The Morgan fingerprint density at radius 1 is 1.41 bits per heavy atom. The van der Waals surface area contributed by atoms with Gasteiger partial charge in [0.05, 0.1) is 6.10 Å². The molecule has 0 unspecified atom stereocenters. The maximum absolute atomic E-state index is 11.7. The van der Waals surface area contributed by atoms with Gasteiger partial charge in [0.1, 0.15) is 6.10 Å². The number of rotatable bonds is 2. The van der Waals surface area contributed by atoms with Crippen molar-refractivity contribution in [3.05, 3.63) is 11.6 Å². The van der Waals surface area contributed by atoms with Crippen molar-refractivity contribution in [2.45, 2.75) is 57.4 Å². The van der Waals surface area contributed by atoms with E-state index in [1.807, 2.05) is 14.0 Å². The average molecular weight is 239 g/mol. The van der Waals surface area contributed by atoms with Gasteiger partial charge in [-0.2, -0.15) is 0 Å². The smallest absolute Gasteiger partial charge is 0.333 e. The van der Waals surface area contributed by atoms with E-state index < -0.39 is 0 Å². The normalized spacial score (nSPS) is 38.2. The van der Waals surface area contributed by atoms with Crippen molar-refractivity contribution in [2.75, 3.05) is 7.05 Å². The molecule has 1 N–H and O–H groups in total. The van der Waals surface area contributed by atoms with Gasteiger partial charge in [-0.15, -0.1) is 0 Å². The summed E-state index contributed by atoms with van der Waals surface area (Å²) in [6.45, 7) is 3.60. The van der Waals surface area contributed by atoms with Crippen LogP contribution in [0.15, 0.2) is 11.6 Å². The molecule has 2 rings (SSSR count). The number of allylic oxidation sites excluding steroid dienone is 1. The predicted octanol–water partition coefficient (Wildman–Crippen LogP) is 1.09. The van der Waals surface area contributed by atoms with Gasteiger partial charge in [-0.05, 0) is 27.3 Å². The first-order chi connectivity index (χ1) is 8.02. The van der Waals surface area contributed by atoms with Gasteiger partial charge in [0.25, 0.3) is 0 Å². The highest BCUT2D eigenvalue weighted by Crippen LogP contribution is 2.35. The van der Waals surface area contributed by atoms with Crippen molar-refractivity contribution in [3.63, 3.8) is 0 Å². The third-order valence-electron chi connectivity index (χ3n) is 4.12. The van der Waals surface area contributed by atoms with E-state index in [-0.39, 0.29) is 24.2 Å². The van der Waals surface area contributed by atoms with Crippen molar-refractivity contribution in [3.8, 4) is 0 Å². The van der Waals surface area contributed by atoms with E-state index >= 15 is 0 Å². The molecule has 0 aliphatic carbocycles. The van der Waals surface area contributed by atoms with Gasteiger partial charge in [0, 0.05) is 30.5 Å². The number of hydrogen-bond acceptors (Lipinski definition) is 4. The maximum Gasteiger partial charge on any atom is 0.333 e. The largest absolute Gasteiger partial charge is 0.459 e. The van der Waals surface area contributed by atoms with E-state index in [4.69, 9.17) is 4.74 Å². The molecule has 0 amide bonds. The molecular weight excluding hydrogens is 218 g/mol. The van der Waals surface area contributed by atoms with Crippen LogP contribution in [0.5, 0.6) is 0 Å². The number of aliphatic hydroxyl groups excluding tert-OH is 1. The molecule has 0 aromatic rings. The Bertz CT molecular complexity index is 340. The number of hydrogen-bond donors (Lipinski definition) is 1. The molecule has 0 aromatic carbocycles. The standard InChI is InChI=1S/C13H21NO3/c1-4-8(2)13(16)17-10-5-9-6-12(15)11(7-10)14(9)3/h4,9-12,15H,5-7H2,1-3H3/t9-,10-,11+,12-/m0/s1. The van der Waals surface area contributed by atoms with Crippen LogP contribution >= 0.6 is 0 Å². The molecule has 0 radical (unpaired) electrons. The van der Waals surface area contributed by atoms with Gasteiger partial charge >= 0.3 is 5.97 Å². The fourth-order valence-corrected chi connectivity index (χ4v) is 2.86. The Balaban J connectivity index is 1.96. The Hall–Kier alpha value is -0.870. The van der Waals surface area contributed by atoms with Crippen LogP contribution in [-0.2, 0) is 9.53 Å². The van der Waals surface area contributed by atoms with Crippen LogP contribution in [0, 0.1) is 0 Å². The summed E-state index contributed by atoms with van der Waals surface area (Å²) in [6, 6.07) is 0.505. The van der Waals surface area contributed by atoms with E-state index in [1.54, 1.807) is 13.0 Å². The average Bonchev–Trinajstić information content (AvgIpc) is 2.49. The van der Waals surface area contributed by atoms with Crippen LogP contribution in [0.25, 0.3) is 0 Å². The molecule has 2 saturated heterocycles. The van der Waals surface area contributed by atoms with Crippen LogP contribution in [-0.4, -0.2) is 47.3 Å². The van der Waals surface area contributed by atoms with Crippen molar-refractivity contribution in [2.24, 2.45) is 0 Å². The summed E-state index contributed by atoms with van der Waals surface area (Å²) in [7, 11) is 2.04. The summed E-state index contributed by atoms with van der Waals surface area (Å²) in [4.78, 5) is 13.9. The van der Waals surface area contributed by atoms with E-state index in [0.29, 0.717) is 11.6 Å². The molecule has 96 valence electrons. The van der Waals surface area contributed by atoms with Gasteiger partial charge in [0.2, 0.25) is 0 Å². The van der Waals surface area contributed by atoms with Crippen molar-refractivity contribution < 1.29 is 14.6 Å². The molecule has 2 bridgehead atoms. The zero-order chi connectivity index (χ0) is 12.6. The van der Waals surface area contributed by atoms with Crippen LogP contribution in [0.4, 0.5) is 0 Å². The maximum atomic E-state index is 11.7. The fraction of sp³-hybridized carbons (Fsp3) is 0.769. The van der Waals surface area contributed by atoms with Crippen LogP contribution < -0.4 is 0 Å². The minimum Gasteiger partial charge on any atom is -0.459 e. The van der Waals surface area contributed by atoms with Crippen LogP contribution in [0.3, 0.4) is 0 Å². The van der Waals surface area contributed by atoms with Crippen molar-refractivity contribution >= 4 is 5.97 Å². The molecule has 0 spiro atoms. The second kappa shape index (κ2) is 4.78. The predicted molar refractivity (Wildman–Crippen MR) is 64.5 cm³/mol. The lowest BCUT2D eigenvalue weighted by molar-refractivity contribution is -0.147. The second-order valence-electron chi connectivity index (χ2n) is 5.16. The molecule has 4 atom stereocenters. The van der Waals surface area contributed by atoms with Crippen molar-refractivity contribution in [1.82, 2.24) is 4.90 Å². The van der Waals surface area contributed by atoms with E-state index in [2.05, 4.69) is 4.90 Å². The minimum absolute atomic E-state index is 0.0410. The summed E-state index contributed by atoms with van der Waals surface area (Å²) in [5.74, 6) is -0.226. The molecule has 4 nitrogen and oxygen atoms in total. The number of esters is 1. The molecule has 2 heterocycles. The SMILES string of the molecule is CC=C(C)C(=O)O[C@H]1C[C@H]2C[C@H](O)[C@@H](C1)N2C. The Kier molecular flexibility index (Phi) is 3.54. The number of ether oxygens (including phenoxy) is 1. The topological polar surface area (TPSA) is 49.8 Å². The number of piperidine rings is 1. The van der Waals surface area contributed by atoms with Gasteiger partial charge in [-0.3, -0.25) is 4.90 Å². The number of carbonyl (C=O) groups is 1. The van der Waals surface area contributed by atoms with Gasteiger partial charge in [-0.25, -0.2) is 4.79 Å². The number of likely N-dealkylation sites (N-methyl/N-ethyl adjacent to an activating group) is 1. The zero-order valence-corrected chi connectivity index (χ0v) is 10.7. The third-order valence-corrected chi connectivity index (χ3v) is 4.12. The number of nitrogens with zero attached hydrogens (tertiary/aromatic N) is 1. The third kappa shape index (κ3) is 2.38.